The molecule has 3 rings (SSSR count). The highest BCUT2D eigenvalue weighted by Gasteiger charge is 2.20. The van der Waals surface area contributed by atoms with Gasteiger partial charge in [0.25, 0.3) is 0 Å². The van der Waals surface area contributed by atoms with Crippen LogP contribution >= 0.6 is 0 Å². The Kier molecular flexibility index (Phi) is 5.17. The molecule has 4 nitrogen and oxygen atoms in total. The van der Waals surface area contributed by atoms with E-state index < -0.39 is 0 Å². The second-order valence-corrected chi connectivity index (χ2v) is 6.68. The van der Waals surface area contributed by atoms with Crippen LogP contribution < -0.4 is 10.2 Å². The maximum atomic E-state index is 12.1. The van der Waals surface area contributed by atoms with E-state index in [4.69, 9.17) is 0 Å². The molecule has 0 saturated carbocycles. The Morgan fingerprint density at radius 1 is 1.08 bits per heavy atom. The van der Waals surface area contributed by atoms with Crippen molar-refractivity contribution >= 4 is 17.5 Å². The van der Waals surface area contributed by atoms with Crippen molar-refractivity contribution in [2.24, 2.45) is 0 Å². The molecular formula is C21H24N2O2. The first kappa shape index (κ1) is 17.2. The van der Waals surface area contributed by atoms with Crippen LogP contribution in [0.3, 0.4) is 0 Å². The zero-order chi connectivity index (χ0) is 17.8. The smallest absolute Gasteiger partial charge is 0.227 e. The maximum absolute atomic E-state index is 12.1. The molecule has 2 aromatic carbocycles. The molecule has 130 valence electrons. The van der Waals surface area contributed by atoms with Crippen LogP contribution in [-0.4, -0.2) is 18.9 Å². The number of amides is 2. The predicted octanol–water partition coefficient (Wildman–Crippen LogP) is 3.15. The molecule has 0 fully saturated rings. The van der Waals surface area contributed by atoms with Gasteiger partial charge in [-0.25, -0.2) is 0 Å². The molecule has 4 heteroatoms. The van der Waals surface area contributed by atoms with Crippen molar-refractivity contribution < 1.29 is 9.59 Å². The Morgan fingerprint density at radius 3 is 2.56 bits per heavy atom. The van der Waals surface area contributed by atoms with Gasteiger partial charge >= 0.3 is 0 Å². The largest absolute Gasteiger partial charge is 0.352 e. The first-order valence-corrected chi connectivity index (χ1v) is 8.73. The van der Waals surface area contributed by atoms with E-state index in [2.05, 4.69) is 42.6 Å². The SMILES string of the molecule is Cc1ccc(CCC(=O)NCc2ccc3c(c2)CCC(=O)N3C)cc1. The lowest BCUT2D eigenvalue weighted by Gasteiger charge is -2.26. The molecule has 0 bridgehead atoms. The summed E-state index contributed by atoms with van der Waals surface area (Å²) >= 11 is 0. The summed E-state index contributed by atoms with van der Waals surface area (Å²) in [4.78, 5) is 25.5. The van der Waals surface area contributed by atoms with Gasteiger partial charge in [0, 0.05) is 32.1 Å². The van der Waals surface area contributed by atoms with Gasteiger partial charge in [-0.2, -0.15) is 0 Å². The number of rotatable bonds is 5. The molecule has 0 aromatic heterocycles. The van der Waals surface area contributed by atoms with Crippen LogP contribution in [0.4, 0.5) is 5.69 Å². The van der Waals surface area contributed by atoms with E-state index in [-0.39, 0.29) is 11.8 Å². The van der Waals surface area contributed by atoms with Crippen molar-refractivity contribution in [3.63, 3.8) is 0 Å². The molecule has 0 aliphatic carbocycles. The fourth-order valence-electron chi connectivity index (χ4n) is 3.12. The van der Waals surface area contributed by atoms with Crippen molar-refractivity contribution in [3.05, 3.63) is 64.7 Å². The van der Waals surface area contributed by atoms with Crippen LogP contribution in [0.1, 0.15) is 35.1 Å². The van der Waals surface area contributed by atoms with E-state index in [0.717, 1.165) is 24.1 Å². The number of benzene rings is 2. The summed E-state index contributed by atoms with van der Waals surface area (Å²) in [6, 6.07) is 14.3. The lowest BCUT2D eigenvalue weighted by atomic mass is 9.99. The molecule has 0 saturated heterocycles. The Labute approximate surface area is 148 Å². The van der Waals surface area contributed by atoms with Gasteiger partial charge in [-0.3, -0.25) is 9.59 Å². The van der Waals surface area contributed by atoms with Crippen molar-refractivity contribution in [2.45, 2.75) is 39.2 Å². The summed E-state index contributed by atoms with van der Waals surface area (Å²) in [5.74, 6) is 0.218. The minimum Gasteiger partial charge on any atom is -0.352 e. The van der Waals surface area contributed by atoms with Gasteiger partial charge in [-0.15, -0.1) is 0 Å². The second kappa shape index (κ2) is 7.51. The summed E-state index contributed by atoms with van der Waals surface area (Å²) in [5.41, 5.74) is 5.64. The van der Waals surface area contributed by atoms with E-state index in [0.29, 0.717) is 19.4 Å². The van der Waals surface area contributed by atoms with Gasteiger partial charge in [-0.05, 0) is 42.5 Å². The van der Waals surface area contributed by atoms with E-state index in [9.17, 15) is 9.59 Å². The Morgan fingerprint density at radius 2 is 1.80 bits per heavy atom. The van der Waals surface area contributed by atoms with E-state index >= 15 is 0 Å². The lowest BCUT2D eigenvalue weighted by Crippen LogP contribution is -2.31. The molecule has 1 N–H and O–H groups in total. The standard InChI is InChI=1S/C21H24N2O2/c1-15-3-5-16(6-4-15)8-11-20(24)22-14-17-7-10-19-18(13-17)9-12-21(25)23(19)2/h3-7,10,13H,8-9,11-12,14H2,1-2H3,(H,22,24). The van der Waals surface area contributed by atoms with E-state index in [1.165, 1.54) is 16.7 Å². The third-order valence-corrected chi connectivity index (χ3v) is 4.74. The highest BCUT2D eigenvalue weighted by molar-refractivity contribution is 5.95. The molecule has 1 aliphatic heterocycles. The highest BCUT2D eigenvalue weighted by atomic mass is 16.2. The molecule has 0 atom stereocenters. The summed E-state index contributed by atoms with van der Waals surface area (Å²) < 4.78 is 0. The Hall–Kier alpha value is -2.62. The number of nitrogens with zero attached hydrogens (tertiary/aromatic N) is 1. The summed E-state index contributed by atoms with van der Waals surface area (Å²) in [5, 5.41) is 2.99. The zero-order valence-corrected chi connectivity index (χ0v) is 14.8. The normalized spacial score (nSPS) is 13.5. The van der Waals surface area contributed by atoms with Gasteiger partial charge in [-0.1, -0.05) is 42.0 Å². The summed E-state index contributed by atoms with van der Waals surface area (Å²) in [6.07, 6.45) is 2.57. The summed E-state index contributed by atoms with van der Waals surface area (Å²) in [7, 11) is 1.81. The Bertz CT molecular complexity index is 781. The van der Waals surface area contributed by atoms with Gasteiger partial charge in [0.05, 0.1) is 0 Å². The van der Waals surface area contributed by atoms with Crippen LogP contribution in [-0.2, 0) is 29.0 Å². The quantitative estimate of drug-likeness (QED) is 0.912. The van der Waals surface area contributed by atoms with Crippen molar-refractivity contribution in [1.29, 1.82) is 0 Å². The first-order chi connectivity index (χ1) is 12.0. The van der Waals surface area contributed by atoms with Crippen LogP contribution in [0.15, 0.2) is 42.5 Å². The minimum absolute atomic E-state index is 0.0607. The van der Waals surface area contributed by atoms with Crippen molar-refractivity contribution in [3.8, 4) is 0 Å². The minimum atomic E-state index is 0.0607. The second-order valence-electron chi connectivity index (χ2n) is 6.68. The highest BCUT2D eigenvalue weighted by Crippen LogP contribution is 2.27. The fourth-order valence-corrected chi connectivity index (χ4v) is 3.12. The van der Waals surface area contributed by atoms with Crippen LogP contribution in [0.5, 0.6) is 0 Å². The van der Waals surface area contributed by atoms with Crippen LogP contribution in [0.2, 0.25) is 0 Å². The lowest BCUT2D eigenvalue weighted by molar-refractivity contribution is -0.121. The number of aryl methyl sites for hydroxylation is 3. The van der Waals surface area contributed by atoms with Crippen molar-refractivity contribution in [2.75, 3.05) is 11.9 Å². The molecule has 25 heavy (non-hydrogen) atoms. The van der Waals surface area contributed by atoms with Gasteiger partial charge in [0.2, 0.25) is 11.8 Å². The molecule has 0 unspecified atom stereocenters. The average Bonchev–Trinajstić information content (AvgIpc) is 2.62. The number of carbonyl (C=O) groups is 2. The van der Waals surface area contributed by atoms with Crippen molar-refractivity contribution in [1.82, 2.24) is 5.32 Å². The first-order valence-electron chi connectivity index (χ1n) is 8.73. The monoisotopic (exact) mass is 336 g/mol. The van der Waals surface area contributed by atoms with Crippen LogP contribution in [0.25, 0.3) is 0 Å². The molecule has 2 aromatic rings. The van der Waals surface area contributed by atoms with Gasteiger partial charge in [0.15, 0.2) is 0 Å². The van der Waals surface area contributed by atoms with E-state index in [1.54, 1.807) is 4.90 Å². The average molecular weight is 336 g/mol. The summed E-state index contributed by atoms with van der Waals surface area (Å²) in [6.45, 7) is 2.58. The molecule has 2 amide bonds. The number of fused-ring (bicyclic) bond motifs is 1. The number of nitrogens with one attached hydrogen (secondary N) is 1. The van der Waals surface area contributed by atoms with Crippen LogP contribution in [0, 0.1) is 6.92 Å². The van der Waals surface area contributed by atoms with Gasteiger partial charge in [0.1, 0.15) is 0 Å². The third kappa shape index (κ3) is 4.27. The number of hydrogen-bond donors (Lipinski definition) is 1. The third-order valence-electron chi connectivity index (χ3n) is 4.74. The molecule has 1 heterocycles. The van der Waals surface area contributed by atoms with E-state index in [1.807, 2.05) is 19.2 Å². The number of carbonyl (C=O) groups excluding carboxylic acids is 2. The topological polar surface area (TPSA) is 49.4 Å². The fraction of sp³-hybridized carbons (Fsp3) is 0.333. The molecular weight excluding hydrogens is 312 g/mol. The number of hydrogen-bond acceptors (Lipinski definition) is 2. The maximum Gasteiger partial charge on any atom is 0.227 e. The molecule has 1 aliphatic rings. The zero-order valence-electron chi connectivity index (χ0n) is 14.8. The Balaban J connectivity index is 1.52. The predicted molar refractivity (Wildman–Crippen MR) is 99.5 cm³/mol. The molecule has 0 spiro atoms. The van der Waals surface area contributed by atoms with Gasteiger partial charge < -0.3 is 10.2 Å². The number of anilines is 1. The molecule has 0 radical (unpaired) electrons.